The van der Waals surface area contributed by atoms with Crippen molar-refractivity contribution in [3.63, 3.8) is 0 Å². The molecule has 1 aromatic heterocycles. The van der Waals surface area contributed by atoms with E-state index < -0.39 is 35.6 Å². The van der Waals surface area contributed by atoms with Crippen LogP contribution in [0, 0.1) is 5.92 Å². The number of nitrogens with zero attached hydrogens (tertiary/aromatic N) is 3. The molecule has 0 aromatic carbocycles. The van der Waals surface area contributed by atoms with Crippen LogP contribution in [0.25, 0.3) is 0 Å². The van der Waals surface area contributed by atoms with E-state index in [1.807, 2.05) is 0 Å². The van der Waals surface area contributed by atoms with Gasteiger partial charge in [-0.15, -0.1) is 0 Å². The van der Waals surface area contributed by atoms with Crippen LogP contribution in [-0.2, 0) is 9.59 Å². The summed E-state index contributed by atoms with van der Waals surface area (Å²) < 4.78 is 0. The highest BCUT2D eigenvalue weighted by Crippen LogP contribution is 2.28. The van der Waals surface area contributed by atoms with E-state index in [1.165, 1.54) is 12.5 Å². The first kappa shape index (κ1) is 12.4. The largest absolute Gasteiger partial charge is 0.295 e. The highest BCUT2D eigenvalue weighted by Gasteiger charge is 2.48. The first-order chi connectivity index (χ1) is 9.50. The van der Waals surface area contributed by atoms with Gasteiger partial charge in [0, 0.05) is 12.6 Å². The van der Waals surface area contributed by atoms with Crippen molar-refractivity contribution in [2.45, 2.75) is 19.4 Å². The van der Waals surface area contributed by atoms with Crippen LogP contribution in [0.1, 0.15) is 34.2 Å². The quantitative estimate of drug-likeness (QED) is 0.666. The predicted octanol–water partition coefficient (Wildman–Crippen LogP) is -0.876. The number of fused-ring (bicyclic) bond motifs is 1. The Morgan fingerprint density at radius 3 is 2.65 bits per heavy atom. The highest BCUT2D eigenvalue weighted by molar-refractivity contribution is 6.22. The van der Waals surface area contributed by atoms with Gasteiger partial charge in [0.15, 0.2) is 0 Å². The summed E-state index contributed by atoms with van der Waals surface area (Å²) in [5.74, 6) is -2.72. The van der Waals surface area contributed by atoms with Gasteiger partial charge in [-0.3, -0.25) is 29.4 Å². The van der Waals surface area contributed by atoms with E-state index in [4.69, 9.17) is 0 Å². The van der Waals surface area contributed by atoms with Gasteiger partial charge in [-0.05, 0) is 5.92 Å². The number of piperidine rings is 1. The maximum absolute atomic E-state index is 12.2. The molecule has 3 rings (SSSR count). The Balaban J connectivity index is 2.00. The molecular weight excluding hydrogens is 264 g/mol. The van der Waals surface area contributed by atoms with Crippen LogP contribution in [-0.4, -0.2) is 44.5 Å². The third kappa shape index (κ3) is 1.61. The molecule has 0 spiro atoms. The average Bonchev–Trinajstić information content (AvgIpc) is 2.64. The van der Waals surface area contributed by atoms with Crippen LogP contribution in [0.4, 0.5) is 0 Å². The van der Waals surface area contributed by atoms with E-state index in [1.54, 1.807) is 6.92 Å². The van der Waals surface area contributed by atoms with Crippen molar-refractivity contribution in [2.24, 2.45) is 5.92 Å². The van der Waals surface area contributed by atoms with Crippen LogP contribution in [0.5, 0.6) is 0 Å². The lowest BCUT2D eigenvalue weighted by Crippen LogP contribution is -2.58. The molecule has 2 aliphatic rings. The van der Waals surface area contributed by atoms with Crippen molar-refractivity contribution in [3.8, 4) is 0 Å². The van der Waals surface area contributed by atoms with Gasteiger partial charge in [0.2, 0.25) is 11.8 Å². The van der Waals surface area contributed by atoms with Gasteiger partial charge < -0.3 is 0 Å². The Labute approximate surface area is 113 Å². The van der Waals surface area contributed by atoms with Crippen LogP contribution >= 0.6 is 0 Å². The minimum absolute atomic E-state index is 0.0121. The number of aromatic nitrogens is 2. The SMILES string of the molecule is CC1CC(=O)NC(=O)C1N1C(=O)c2cncnc2C1=O. The number of carbonyl (C=O) groups excluding carboxylic acids is 4. The van der Waals surface area contributed by atoms with Crippen molar-refractivity contribution < 1.29 is 19.2 Å². The van der Waals surface area contributed by atoms with Gasteiger partial charge >= 0.3 is 0 Å². The summed E-state index contributed by atoms with van der Waals surface area (Å²) >= 11 is 0. The van der Waals surface area contributed by atoms with E-state index in [0.29, 0.717) is 0 Å². The van der Waals surface area contributed by atoms with Crippen LogP contribution in [0.2, 0.25) is 0 Å². The molecule has 2 aliphatic heterocycles. The lowest BCUT2D eigenvalue weighted by Gasteiger charge is -2.32. The van der Waals surface area contributed by atoms with Crippen LogP contribution in [0.3, 0.4) is 0 Å². The average molecular weight is 274 g/mol. The summed E-state index contributed by atoms with van der Waals surface area (Å²) in [5, 5.41) is 2.14. The topological polar surface area (TPSA) is 109 Å². The fourth-order valence-corrected chi connectivity index (χ4v) is 2.54. The van der Waals surface area contributed by atoms with Gasteiger partial charge in [0.1, 0.15) is 18.1 Å². The van der Waals surface area contributed by atoms with E-state index >= 15 is 0 Å². The maximum atomic E-state index is 12.2. The molecule has 0 bridgehead atoms. The molecule has 20 heavy (non-hydrogen) atoms. The maximum Gasteiger partial charge on any atom is 0.281 e. The van der Waals surface area contributed by atoms with Crippen LogP contribution < -0.4 is 5.32 Å². The number of imide groups is 2. The molecule has 2 unspecified atom stereocenters. The van der Waals surface area contributed by atoms with Crippen molar-refractivity contribution >= 4 is 23.6 Å². The smallest absolute Gasteiger partial charge is 0.281 e. The van der Waals surface area contributed by atoms with E-state index in [9.17, 15) is 19.2 Å². The molecule has 8 heteroatoms. The first-order valence-corrected chi connectivity index (χ1v) is 6.02. The Morgan fingerprint density at radius 1 is 1.25 bits per heavy atom. The fraction of sp³-hybridized carbons (Fsp3) is 0.333. The number of hydrogen-bond donors (Lipinski definition) is 1. The number of amides is 4. The molecule has 0 aliphatic carbocycles. The van der Waals surface area contributed by atoms with Gasteiger partial charge in [0.05, 0.1) is 5.56 Å². The molecule has 1 saturated heterocycles. The second kappa shape index (κ2) is 4.19. The van der Waals surface area contributed by atoms with Gasteiger partial charge in [0.25, 0.3) is 11.8 Å². The van der Waals surface area contributed by atoms with Crippen molar-refractivity contribution in [1.82, 2.24) is 20.2 Å². The van der Waals surface area contributed by atoms with Gasteiger partial charge in [-0.1, -0.05) is 6.92 Å². The Morgan fingerprint density at radius 2 is 2.00 bits per heavy atom. The van der Waals surface area contributed by atoms with Crippen molar-refractivity contribution in [1.29, 1.82) is 0 Å². The minimum atomic E-state index is -0.998. The summed E-state index contributed by atoms with van der Waals surface area (Å²) in [6.45, 7) is 1.65. The second-order valence-electron chi connectivity index (χ2n) is 4.80. The lowest BCUT2D eigenvalue weighted by molar-refractivity contribution is -0.138. The molecule has 3 heterocycles. The molecule has 8 nitrogen and oxygen atoms in total. The molecular formula is C12H10N4O4. The molecule has 2 atom stereocenters. The molecule has 102 valence electrons. The number of carbonyl (C=O) groups is 4. The first-order valence-electron chi connectivity index (χ1n) is 6.02. The number of nitrogens with one attached hydrogen (secondary N) is 1. The van der Waals surface area contributed by atoms with E-state index in [-0.39, 0.29) is 17.7 Å². The van der Waals surface area contributed by atoms with Crippen molar-refractivity contribution in [2.75, 3.05) is 0 Å². The van der Waals surface area contributed by atoms with Gasteiger partial charge in [-0.25, -0.2) is 9.97 Å². The van der Waals surface area contributed by atoms with Gasteiger partial charge in [-0.2, -0.15) is 0 Å². The number of rotatable bonds is 1. The number of hydrogen-bond acceptors (Lipinski definition) is 6. The normalized spacial score (nSPS) is 25.8. The summed E-state index contributed by atoms with van der Waals surface area (Å²) in [6.07, 6.45) is 2.50. The summed E-state index contributed by atoms with van der Waals surface area (Å²) in [7, 11) is 0. The third-order valence-electron chi connectivity index (χ3n) is 3.44. The van der Waals surface area contributed by atoms with Crippen molar-refractivity contribution in [3.05, 3.63) is 23.8 Å². The van der Waals surface area contributed by atoms with Crippen LogP contribution in [0.15, 0.2) is 12.5 Å². The predicted molar refractivity (Wildman–Crippen MR) is 63.3 cm³/mol. The lowest BCUT2D eigenvalue weighted by atomic mass is 9.92. The monoisotopic (exact) mass is 274 g/mol. The molecule has 1 N–H and O–H groups in total. The van der Waals surface area contributed by atoms with E-state index in [0.717, 1.165) is 4.90 Å². The van der Waals surface area contributed by atoms with E-state index in [2.05, 4.69) is 15.3 Å². The summed E-state index contributed by atoms with van der Waals surface area (Å²) in [6, 6.07) is -0.998. The molecule has 1 fully saturated rings. The summed E-state index contributed by atoms with van der Waals surface area (Å²) in [4.78, 5) is 56.0. The minimum Gasteiger partial charge on any atom is -0.295 e. The zero-order valence-electron chi connectivity index (χ0n) is 10.5. The molecule has 4 amide bonds. The molecule has 0 radical (unpaired) electrons. The third-order valence-corrected chi connectivity index (χ3v) is 3.44. The Kier molecular flexibility index (Phi) is 2.60. The Hall–Kier alpha value is -2.64. The fourth-order valence-electron chi connectivity index (χ4n) is 2.54. The second-order valence-corrected chi connectivity index (χ2v) is 4.80. The standard InChI is InChI=1S/C12H10N4O4/c1-5-2-7(17)15-10(18)9(5)16-11(19)6-3-13-4-14-8(6)12(16)20/h3-5,9H,2H2,1H3,(H,15,17,18). The molecule has 1 aromatic rings. The molecule has 0 saturated carbocycles. The summed E-state index contributed by atoms with van der Waals surface area (Å²) in [5.41, 5.74) is 0.0660. The highest BCUT2D eigenvalue weighted by atomic mass is 16.2. The zero-order chi connectivity index (χ0) is 14.4. The Bertz CT molecular complexity index is 622. The zero-order valence-corrected chi connectivity index (χ0v) is 10.5.